The first-order valence-corrected chi connectivity index (χ1v) is 10.8. The molecule has 0 aromatic heterocycles. The van der Waals surface area contributed by atoms with Crippen molar-refractivity contribution >= 4 is 42.4 Å². The van der Waals surface area contributed by atoms with Gasteiger partial charge in [-0.15, -0.1) is 0 Å². The van der Waals surface area contributed by atoms with Crippen molar-refractivity contribution in [1.82, 2.24) is 10.2 Å². The summed E-state index contributed by atoms with van der Waals surface area (Å²) in [5, 5.41) is 4.53. The fourth-order valence-corrected chi connectivity index (χ4v) is 4.64. The van der Waals surface area contributed by atoms with Crippen LogP contribution in [0, 0.1) is 5.92 Å². The van der Waals surface area contributed by atoms with E-state index in [2.05, 4.69) is 37.4 Å². The Labute approximate surface area is 177 Å². The number of carbonyl (C=O) groups excluding carboxylic acids is 1. The molecule has 3 nitrogen and oxygen atoms in total. The predicted molar refractivity (Wildman–Crippen MR) is 118 cm³/mol. The van der Waals surface area contributed by atoms with Gasteiger partial charge in [0.1, 0.15) is 7.85 Å². The minimum atomic E-state index is -0.0471. The molecule has 146 valence electrons. The molecule has 1 N–H and O–H groups in total. The zero-order valence-corrected chi connectivity index (χ0v) is 17.6. The number of rotatable bonds is 5. The fourth-order valence-electron chi connectivity index (χ4n) is 4.26. The smallest absolute Gasteiger partial charge is 0.228 e. The molecule has 1 saturated carbocycles. The van der Waals surface area contributed by atoms with Gasteiger partial charge in [0.2, 0.25) is 5.91 Å². The predicted octanol–water partition coefficient (Wildman–Crippen LogP) is 3.14. The van der Waals surface area contributed by atoms with E-state index in [1.54, 1.807) is 6.07 Å². The number of hydrogen-bond donors (Lipinski definition) is 1. The number of nitrogens with zero attached hydrogens (tertiary/aromatic N) is 1. The van der Waals surface area contributed by atoms with E-state index >= 15 is 0 Å². The van der Waals surface area contributed by atoms with E-state index in [1.165, 1.54) is 11.0 Å². The second-order valence-corrected chi connectivity index (χ2v) is 8.82. The second kappa shape index (κ2) is 8.48. The topological polar surface area (TPSA) is 32.3 Å². The summed E-state index contributed by atoms with van der Waals surface area (Å²) in [6.07, 6.45) is 3.12. The Hall–Kier alpha value is -1.49. The molecular weight excluding hydrogens is 390 g/mol. The quantitative estimate of drug-likeness (QED) is 0.762. The fraction of sp³-hybridized carbons (Fsp3) is 0.409. The summed E-state index contributed by atoms with van der Waals surface area (Å²) in [5.41, 5.74) is 3.44. The Kier molecular flexibility index (Phi) is 6.00. The van der Waals surface area contributed by atoms with Crippen LogP contribution in [0.4, 0.5) is 0 Å². The van der Waals surface area contributed by atoms with Crippen LogP contribution in [-0.2, 0) is 11.3 Å². The number of hydrogen-bond acceptors (Lipinski definition) is 2. The Morgan fingerprint density at radius 2 is 1.93 bits per heavy atom. The third kappa shape index (κ3) is 4.24. The van der Waals surface area contributed by atoms with Gasteiger partial charge in [0, 0.05) is 19.1 Å². The number of halogens is 2. The van der Waals surface area contributed by atoms with Crippen LogP contribution in [0.1, 0.15) is 36.3 Å². The Bertz CT molecular complexity index is 871. The minimum Gasteiger partial charge on any atom is -0.335 e. The molecule has 2 aromatic rings. The summed E-state index contributed by atoms with van der Waals surface area (Å²) in [6.45, 7) is 2.20. The van der Waals surface area contributed by atoms with Crippen LogP contribution in [-0.4, -0.2) is 37.8 Å². The number of carbonyl (C=O) groups is 1. The maximum atomic E-state index is 13.7. The molecule has 2 fully saturated rings. The summed E-state index contributed by atoms with van der Waals surface area (Å²) in [4.78, 5) is 15.7. The molecule has 2 atom stereocenters. The maximum absolute atomic E-state index is 13.7. The molecule has 0 radical (unpaired) electrons. The van der Waals surface area contributed by atoms with Gasteiger partial charge in [-0.2, -0.15) is 0 Å². The molecule has 0 spiro atoms. The summed E-state index contributed by atoms with van der Waals surface area (Å²) in [5.74, 6) is 0.441. The maximum Gasteiger partial charge on any atom is 0.228 e. The van der Waals surface area contributed by atoms with Gasteiger partial charge < -0.3 is 10.2 Å². The summed E-state index contributed by atoms with van der Waals surface area (Å²) in [6, 6.07) is 14.6. The van der Waals surface area contributed by atoms with Gasteiger partial charge in [-0.25, -0.2) is 0 Å². The van der Waals surface area contributed by atoms with Crippen molar-refractivity contribution in [2.24, 2.45) is 5.92 Å². The lowest BCUT2D eigenvalue weighted by Gasteiger charge is -2.36. The van der Waals surface area contributed by atoms with Gasteiger partial charge in [-0.05, 0) is 48.9 Å². The number of amides is 1. The largest absolute Gasteiger partial charge is 0.335 e. The van der Waals surface area contributed by atoms with Crippen LogP contribution in [0.25, 0.3) is 0 Å². The van der Waals surface area contributed by atoms with Crippen LogP contribution in [0.3, 0.4) is 0 Å². The van der Waals surface area contributed by atoms with E-state index in [0.717, 1.165) is 37.9 Å². The van der Waals surface area contributed by atoms with Crippen LogP contribution in [0.15, 0.2) is 42.5 Å². The van der Waals surface area contributed by atoms with Gasteiger partial charge in [0.25, 0.3) is 0 Å². The number of piperidine rings is 1. The standard InChI is InChI=1S/C22H25BCl2N2O/c23-16-5-1-3-14(11-16)18-9-10-26-12-19(18)22(28)27(17-7-8-17)13-15-4-2-6-20(24)21(15)25/h1-6,11,17-19,26H,7-10,12-13,23H2/t18-,19+/m1/s1. The second-order valence-electron chi connectivity index (χ2n) is 8.03. The molecule has 28 heavy (non-hydrogen) atoms. The highest BCUT2D eigenvalue weighted by molar-refractivity contribution is 6.42. The molecule has 6 heteroatoms. The zero-order chi connectivity index (χ0) is 19.7. The summed E-state index contributed by atoms with van der Waals surface area (Å²) in [7, 11) is 2.11. The first-order chi connectivity index (χ1) is 13.5. The van der Waals surface area contributed by atoms with Crippen molar-refractivity contribution in [3.8, 4) is 0 Å². The number of nitrogens with one attached hydrogen (secondary N) is 1. The van der Waals surface area contributed by atoms with E-state index in [-0.39, 0.29) is 17.7 Å². The van der Waals surface area contributed by atoms with E-state index in [9.17, 15) is 4.79 Å². The zero-order valence-electron chi connectivity index (χ0n) is 16.1. The van der Waals surface area contributed by atoms with Crippen molar-refractivity contribution in [3.63, 3.8) is 0 Å². The van der Waals surface area contributed by atoms with Crippen molar-refractivity contribution in [3.05, 3.63) is 63.6 Å². The van der Waals surface area contributed by atoms with E-state index < -0.39 is 0 Å². The molecular formula is C22H25BCl2N2O. The van der Waals surface area contributed by atoms with E-state index in [4.69, 9.17) is 23.2 Å². The molecule has 1 amide bonds. The van der Waals surface area contributed by atoms with Crippen LogP contribution in [0.5, 0.6) is 0 Å². The lowest BCUT2D eigenvalue weighted by Crippen LogP contribution is -2.47. The molecule has 0 unspecified atom stereocenters. The van der Waals surface area contributed by atoms with Crippen molar-refractivity contribution in [2.45, 2.75) is 37.8 Å². The van der Waals surface area contributed by atoms with Crippen LogP contribution >= 0.6 is 23.2 Å². The van der Waals surface area contributed by atoms with Gasteiger partial charge in [0.15, 0.2) is 0 Å². The molecule has 1 aliphatic heterocycles. The highest BCUT2D eigenvalue weighted by Gasteiger charge is 2.40. The molecule has 1 saturated heterocycles. The van der Waals surface area contributed by atoms with Crippen LogP contribution < -0.4 is 10.8 Å². The molecule has 1 heterocycles. The van der Waals surface area contributed by atoms with Gasteiger partial charge in [-0.1, -0.05) is 65.1 Å². The summed E-state index contributed by atoms with van der Waals surface area (Å²) < 4.78 is 0. The Morgan fingerprint density at radius 3 is 2.68 bits per heavy atom. The Morgan fingerprint density at radius 1 is 1.14 bits per heavy atom. The third-order valence-electron chi connectivity index (χ3n) is 5.91. The normalized spacial score (nSPS) is 22.1. The number of benzene rings is 2. The van der Waals surface area contributed by atoms with E-state index in [0.29, 0.717) is 22.6 Å². The highest BCUT2D eigenvalue weighted by Crippen LogP contribution is 2.37. The molecule has 2 aromatic carbocycles. The highest BCUT2D eigenvalue weighted by atomic mass is 35.5. The average Bonchev–Trinajstić information content (AvgIpc) is 3.54. The molecule has 2 aliphatic rings. The average molecular weight is 415 g/mol. The van der Waals surface area contributed by atoms with Gasteiger partial charge >= 0.3 is 0 Å². The van der Waals surface area contributed by atoms with Crippen LogP contribution in [0.2, 0.25) is 10.0 Å². The molecule has 4 rings (SSSR count). The van der Waals surface area contributed by atoms with Crippen molar-refractivity contribution < 1.29 is 4.79 Å². The molecule has 1 aliphatic carbocycles. The van der Waals surface area contributed by atoms with Crippen molar-refractivity contribution in [1.29, 1.82) is 0 Å². The minimum absolute atomic E-state index is 0.0471. The first-order valence-electron chi connectivity index (χ1n) is 10.0. The van der Waals surface area contributed by atoms with E-state index in [1.807, 2.05) is 17.0 Å². The Balaban J connectivity index is 1.59. The third-order valence-corrected chi connectivity index (χ3v) is 6.77. The molecule has 0 bridgehead atoms. The van der Waals surface area contributed by atoms with Gasteiger partial charge in [-0.3, -0.25) is 4.79 Å². The first kappa shape index (κ1) is 19.8. The van der Waals surface area contributed by atoms with Crippen molar-refractivity contribution in [2.75, 3.05) is 13.1 Å². The monoisotopic (exact) mass is 414 g/mol. The summed E-state index contributed by atoms with van der Waals surface area (Å²) >= 11 is 12.6. The SMILES string of the molecule is Bc1cccc([C@H]2CCNC[C@@H]2C(=O)N(Cc2cccc(Cl)c2Cl)C2CC2)c1. The van der Waals surface area contributed by atoms with Gasteiger partial charge in [0.05, 0.1) is 16.0 Å². The lowest BCUT2D eigenvalue weighted by atomic mass is 9.78. The lowest BCUT2D eigenvalue weighted by molar-refractivity contribution is -0.138.